The van der Waals surface area contributed by atoms with Gasteiger partial charge in [-0.25, -0.2) is 10.2 Å². The van der Waals surface area contributed by atoms with Gasteiger partial charge in [0.2, 0.25) is 5.91 Å². The van der Waals surface area contributed by atoms with Crippen LogP contribution in [0, 0.1) is 0 Å². The third-order valence-electron chi connectivity index (χ3n) is 2.62. The van der Waals surface area contributed by atoms with Crippen LogP contribution in [0.2, 0.25) is 5.02 Å². The molecule has 3 N–H and O–H groups in total. The van der Waals surface area contributed by atoms with E-state index in [0.29, 0.717) is 0 Å². The smallest absolute Gasteiger partial charge is 0.337 e. The molecule has 0 bridgehead atoms. The zero-order chi connectivity index (χ0) is 14.7. The van der Waals surface area contributed by atoms with E-state index in [1.54, 1.807) is 0 Å². The molecule has 1 aromatic carbocycles. The Labute approximate surface area is 118 Å². The molecule has 7 nitrogen and oxygen atoms in total. The van der Waals surface area contributed by atoms with Crippen LogP contribution in [0.4, 0.5) is 5.69 Å². The first kappa shape index (κ1) is 14.0. The number of benzene rings is 1. The second-order valence-electron chi connectivity index (χ2n) is 4.05. The van der Waals surface area contributed by atoms with Gasteiger partial charge in [0.05, 0.1) is 10.6 Å². The van der Waals surface area contributed by atoms with E-state index in [1.165, 1.54) is 18.2 Å². The lowest BCUT2D eigenvalue weighted by molar-refractivity contribution is -0.121. The highest BCUT2D eigenvalue weighted by atomic mass is 35.5. The quantitative estimate of drug-likeness (QED) is 0.779. The maximum atomic E-state index is 11.9. The number of hydrogen-bond acceptors (Lipinski definition) is 4. The topological polar surface area (TPSA) is 108 Å². The summed E-state index contributed by atoms with van der Waals surface area (Å²) in [5.41, 5.74) is 2.57. The number of carbonyl (C=O) groups is 3. The fraction of sp³-hybridized carbons (Fsp3) is 0.167. The van der Waals surface area contributed by atoms with Crippen LogP contribution >= 0.6 is 11.6 Å². The monoisotopic (exact) mass is 295 g/mol. The van der Waals surface area contributed by atoms with Crippen molar-refractivity contribution in [3.05, 3.63) is 28.8 Å². The summed E-state index contributed by atoms with van der Waals surface area (Å²) in [5.74, 6) is -1.93. The molecule has 0 radical (unpaired) electrons. The Morgan fingerprint density at radius 2 is 2.10 bits per heavy atom. The van der Waals surface area contributed by atoms with Crippen molar-refractivity contribution in [2.24, 2.45) is 5.10 Å². The highest BCUT2D eigenvalue weighted by Crippen LogP contribution is 2.20. The average molecular weight is 296 g/mol. The van der Waals surface area contributed by atoms with Crippen LogP contribution in [0.1, 0.15) is 23.2 Å². The summed E-state index contributed by atoms with van der Waals surface area (Å²) >= 11 is 5.73. The zero-order valence-corrected chi connectivity index (χ0v) is 10.9. The number of halogens is 1. The summed E-state index contributed by atoms with van der Waals surface area (Å²) in [5, 5.41) is 15.2. The molecular formula is C12H10ClN3O4. The van der Waals surface area contributed by atoms with Crippen molar-refractivity contribution < 1.29 is 19.5 Å². The van der Waals surface area contributed by atoms with Crippen LogP contribution in [0.5, 0.6) is 0 Å². The Morgan fingerprint density at radius 1 is 1.35 bits per heavy atom. The molecule has 2 rings (SSSR count). The molecular weight excluding hydrogens is 286 g/mol. The van der Waals surface area contributed by atoms with Gasteiger partial charge in [-0.3, -0.25) is 9.59 Å². The molecule has 0 spiro atoms. The lowest BCUT2D eigenvalue weighted by Crippen LogP contribution is -2.32. The number of nitrogens with zero attached hydrogens (tertiary/aromatic N) is 1. The molecule has 1 aliphatic rings. The first-order valence-electron chi connectivity index (χ1n) is 5.67. The minimum atomic E-state index is -1.19. The van der Waals surface area contributed by atoms with E-state index in [1.807, 2.05) is 0 Å². The second kappa shape index (κ2) is 5.70. The van der Waals surface area contributed by atoms with E-state index >= 15 is 0 Å². The van der Waals surface area contributed by atoms with Crippen molar-refractivity contribution >= 4 is 40.8 Å². The van der Waals surface area contributed by atoms with Gasteiger partial charge in [-0.15, -0.1) is 0 Å². The number of hydrogen-bond donors (Lipinski definition) is 3. The summed E-state index contributed by atoms with van der Waals surface area (Å²) in [4.78, 5) is 33.7. The van der Waals surface area contributed by atoms with Crippen molar-refractivity contribution in [3.8, 4) is 0 Å². The summed E-state index contributed by atoms with van der Waals surface area (Å²) in [6.45, 7) is 0. The number of carboxylic acids is 1. The molecule has 1 aromatic rings. The third-order valence-corrected chi connectivity index (χ3v) is 2.95. The van der Waals surface area contributed by atoms with Crippen LogP contribution in [-0.2, 0) is 9.59 Å². The Bertz CT molecular complexity index is 627. The Hall–Kier alpha value is -2.41. The molecule has 0 saturated carbocycles. The summed E-state index contributed by atoms with van der Waals surface area (Å²) in [6.07, 6.45) is 0.421. The number of aromatic carboxylic acids is 1. The van der Waals surface area contributed by atoms with Gasteiger partial charge in [-0.1, -0.05) is 11.6 Å². The number of carbonyl (C=O) groups excluding carboxylic acids is 2. The molecule has 104 valence electrons. The molecule has 0 unspecified atom stereocenters. The number of nitrogens with one attached hydrogen (secondary N) is 2. The van der Waals surface area contributed by atoms with E-state index in [2.05, 4.69) is 15.8 Å². The van der Waals surface area contributed by atoms with Crippen molar-refractivity contribution in [1.29, 1.82) is 0 Å². The average Bonchev–Trinajstić information content (AvgIpc) is 2.41. The SMILES string of the molecule is O=C1CCC(C(=O)Nc2ccc(Cl)c(C(=O)O)c2)=NN1. The maximum Gasteiger partial charge on any atom is 0.337 e. The normalized spacial score (nSPS) is 14.2. The van der Waals surface area contributed by atoms with Gasteiger partial charge >= 0.3 is 5.97 Å². The number of rotatable bonds is 3. The molecule has 0 fully saturated rings. The van der Waals surface area contributed by atoms with E-state index < -0.39 is 11.9 Å². The van der Waals surface area contributed by atoms with E-state index in [0.717, 1.165) is 0 Å². The van der Waals surface area contributed by atoms with Gasteiger partial charge in [0.1, 0.15) is 5.71 Å². The minimum absolute atomic E-state index is 0.0813. The number of carboxylic acid groups (broad SMARTS) is 1. The van der Waals surface area contributed by atoms with Crippen LogP contribution in [0.15, 0.2) is 23.3 Å². The minimum Gasteiger partial charge on any atom is -0.478 e. The van der Waals surface area contributed by atoms with Crippen molar-refractivity contribution in [1.82, 2.24) is 5.43 Å². The lowest BCUT2D eigenvalue weighted by atomic mass is 10.1. The standard InChI is InChI=1S/C12H10ClN3O4/c13-8-2-1-6(5-7(8)12(19)20)14-11(18)9-3-4-10(17)16-15-9/h1-2,5H,3-4H2,(H,14,18)(H,16,17)(H,19,20). The van der Waals surface area contributed by atoms with Gasteiger partial charge < -0.3 is 10.4 Å². The first-order chi connectivity index (χ1) is 9.47. The molecule has 2 amide bonds. The number of anilines is 1. The fourth-order valence-corrected chi connectivity index (χ4v) is 1.81. The van der Waals surface area contributed by atoms with E-state index in [9.17, 15) is 14.4 Å². The van der Waals surface area contributed by atoms with Gasteiger partial charge in [0.15, 0.2) is 0 Å². The highest BCUT2D eigenvalue weighted by Gasteiger charge is 2.19. The zero-order valence-electron chi connectivity index (χ0n) is 10.1. The maximum absolute atomic E-state index is 11.9. The van der Waals surface area contributed by atoms with Gasteiger partial charge in [0, 0.05) is 18.5 Å². The van der Waals surface area contributed by atoms with Gasteiger partial charge in [-0.05, 0) is 18.2 Å². The highest BCUT2D eigenvalue weighted by molar-refractivity contribution is 6.43. The lowest BCUT2D eigenvalue weighted by Gasteiger charge is -2.12. The van der Waals surface area contributed by atoms with Crippen LogP contribution < -0.4 is 10.7 Å². The Morgan fingerprint density at radius 3 is 2.70 bits per heavy atom. The predicted octanol–water partition coefficient (Wildman–Crippen LogP) is 1.24. The fourth-order valence-electron chi connectivity index (χ4n) is 1.61. The summed E-state index contributed by atoms with van der Waals surface area (Å²) < 4.78 is 0. The molecule has 0 atom stereocenters. The Kier molecular flexibility index (Phi) is 3.99. The largest absolute Gasteiger partial charge is 0.478 e. The second-order valence-corrected chi connectivity index (χ2v) is 4.45. The third kappa shape index (κ3) is 3.12. The molecule has 0 saturated heterocycles. The van der Waals surface area contributed by atoms with E-state index in [4.69, 9.17) is 16.7 Å². The van der Waals surface area contributed by atoms with E-state index in [-0.39, 0.29) is 40.7 Å². The van der Waals surface area contributed by atoms with Crippen LogP contribution in [0.25, 0.3) is 0 Å². The summed E-state index contributed by atoms with van der Waals surface area (Å²) in [6, 6.07) is 4.12. The number of amides is 2. The molecule has 1 aliphatic heterocycles. The number of hydrazone groups is 1. The van der Waals surface area contributed by atoms with Gasteiger partial charge in [0.25, 0.3) is 5.91 Å². The molecule has 0 aliphatic carbocycles. The Balaban J connectivity index is 2.14. The molecule has 20 heavy (non-hydrogen) atoms. The molecule has 1 heterocycles. The van der Waals surface area contributed by atoms with Crippen molar-refractivity contribution in [2.75, 3.05) is 5.32 Å². The van der Waals surface area contributed by atoms with Gasteiger partial charge in [-0.2, -0.15) is 5.10 Å². The molecule has 0 aromatic heterocycles. The van der Waals surface area contributed by atoms with Crippen LogP contribution in [-0.4, -0.2) is 28.6 Å². The van der Waals surface area contributed by atoms with Crippen molar-refractivity contribution in [3.63, 3.8) is 0 Å². The predicted molar refractivity (Wildman–Crippen MR) is 71.9 cm³/mol. The first-order valence-corrected chi connectivity index (χ1v) is 6.05. The van der Waals surface area contributed by atoms with Crippen LogP contribution in [0.3, 0.4) is 0 Å². The molecule has 8 heteroatoms. The van der Waals surface area contributed by atoms with Crippen molar-refractivity contribution in [2.45, 2.75) is 12.8 Å². The summed E-state index contributed by atoms with van der Waals surface area (Å²) in [7, 11) is 0.